The summed E-state index contributed by atoms with van der Waals surface area (Å²) in [6.07, 6.45) is 6.58. The normalized spacial score (nSPS) is 28.7. The van der Waals surface area contributed by atoms with Crippen LogP contribution in [0.15, 0.2) is 12.7 Å². The fraction of sp³-hybridized carbons (Fsp3) is 0.833. The Morgan fingerprint density at radius 2 is 2.13 bits per heavy atom. The minimum absolute atomic E-state index is 0.0355. The maximum Gasteiger partial charge on any atom is 0.410 e. The predicted molar refractivity (Wildman–Crippen MR) is 89.2 cm³/mol. The fourth-order valence-corrected chi connectivity index (χ4v) is 3.23. The highest BCUT2D eigenvalue weighted by Gasteiger charge is 2.39. The molecule has 2 aliphatic rings. The zero-order valence-electron chi connectivity index (χ0n) is 14.8. The van der Waals surface area contributed by atoms with Gasteiger partial charge in [0.1, 0.15) is 5.60 Å². The second-order valence-corrected chi connectivity index (χ2v) is 7.44. The largest absolute Gasteiger partial charge is 0.444 e. The molecule has 1 amide bonds. The standard InChI is InChI=1S/C18H31NO4/c1-5-8-14-10-11-19(17(20)23-18(2,3)4)15(14)13-22-16-9-6-7-12-21-16/h5,14-16H,1,6-13H2,2-4H3/t14?,15-,16?/m1/s1. The lowest BCUT2D eigenvalue weighted by atomic mass is 9.97. The van der Waals surface area contributed by atoms with Crippen molar-refractivity contribution in [1.29, 1.82) is 0 Å². The molecule has 2 rings (SSSR count). The van der Waals surface area contributed by atoms with E-state index < -0.39 is 5.60 Å². The highest BCUT2D eigenvalue weighted by atomic mass is 16.7. The number of nitrogens with zero attached hydrogens (tertiary/aromatic N) is 1. The van der Waals surface area contributed by atoms with E-state index in [2.05, 4.69) is 6.58 Å². The predicted octanol–water partition coefficient (Wildman–Crippen LogP) is 3.73. The van der Waals surface area contributed by atoms with Gasteiger partial charge in [-0.15, -0.1) is 6.58 Å². The number of ether oxygens (including phenoxy) is 3. The molecule has 2 unspecified atom stereocenters. The van der Waals surface area contributed by atoms with E-state index in [1.54, 1.807) is 0 Å². The van der Waals surface area contributed by atoms with E-state index in [4.69, 9.17) is 14.2 Å². The van der Waals surface area contributed by atoms with Gasteiger partial charge in [0.05, 0.1) is 12.6 Å². The number of carbonyl (C=O) groups excluding carboxylic acids is 1. The summed E-state index contributed by atoms with van der Waals surface area (Å²) >= 11 is 0. The van der Waals surface area contributed by atoms with Crippen molar-refractivity contribution in [1.82, 2.24) is 4.90 Å². The van der Waals surface area contributed by atoms with Crippen molar-refractivity contribution in [3.63, 3.8) is 0 Å². The Labute approximate surface area is 140 Å². The molecule has 2 saturated heterocycles. The van der Waals surface area contributed by atoms with Gasteiger partial charge in [0.15, 0.2) is 6.29 Å². The number of likely N-dealkylation sites (tertiary alicyclic amines) is 1. The van der Waals surface area contributed by atoms with Gasteiger partial charge in [-0.25, -0.2) is 4.79 Å². The van der Waals surface area contributed by atoms with Crippen molar-refractivity contribution in [3.05, 3.63) is 12.7 Å². The molecule has 5 heteroatoms. The Morgan fingerprint density at radius 3 is 2.74 bits per heavy atom. The van der Waals surface area contributed by atoms with Gasteiger partial charge in [-0.05, 0) is 58.8 Å². The first-order valence-electron chi connectivity index (χ1n) is 8.74. The van der Waals surface area contributed by atoms with E-state index in [1.807, 2.05) is 31.7 Å². The summed E-state index contributed by atoms with van der Waals surface area (Å²) in [6.45, 7) is 11.5. The van der Waals surface area contributed by atoms with Crippen LogP contribution in [0, 0.1) is 5.92 Å². The van der Waals surface area contributed by atoms with E-state index in [0.29, 0.717) is 19.1 Å². The quantitative estimate of drug-likeness (QED) is 0.723. The molecule has 0 N–H and O–H groups in total. The molecule has 0 aliphatic carbocycles. The van der Waals surface area contributed by atoms with Crippen molar-refractivity contribution in [2.75, 3.05) is 19.8 Å². The van der Waals surface area contributed by atoms with Crippen molar-refractivity contribution in [2.45, 2.75) is 70.8 Å². The molecule has 0 aromatic carbocycles. The van der Waals surface area contributed by atoms with E-state index in [0.717, 1.165) is 38.7 Å². The Hall–Kier alpha value is -1.07. The first kappa shape index (κ1) is 18.3. The highest BCUT2D eigenvalue weighted by Crippen LogP contribution is 2.30. The summed E-state index contributed by atoms with van der Waals surface area (Å²) in [5.74, 6) is 0.378. The number of hydrogen-bond acceptors (Lipinski definition) is 4. The minimum Gasteiger partial charge on any atom is -0.444 e. The Bertz CT molecular complexity index is 398. The molecule has 0 bridgehead atoms. The molecule has 23 heavy (non-hydrogen) atoms. The topological polar surface area (TPSA) is 48.0 Å². The first-order valence-corrected chi connectivity index (χ1v) is 8.74. The van der Waals surface area contributed by atoms with Crippen molar-refractivity contribution in [2.24, 2.45) is 5.92 Å². The molecular weight excluding hydrogens is 294 g/mol. The average Bonchev–Trinajstić information content (AvgIpc) is 2.88. The van der Waals surface area contributed by atoms with Crippen LogP contribution in [0.2, 0.25) is 0 Å². The van der Waals surface area contributed by atoms with Crippen LogP contribution in [0.5, 0.6) is 0 Å². The average molecular weight is 325 g/mol. The van der Waals surface area contributed by atoms with Gasteiger partial charge >= 0.3 is 6.09 Å². The number of allylic oxidation sites excluding steroid dienone is 1. The molecule has 0 saturated carbocycles. The van der Waals surface area contributed by atoms with Crippen LogP contribution in [-0.4, -0.2) is 48.7 Å². The summed E-state index contributed by atoms with van der Waals surface area (Å²) in [6, 6.07) is 0.0355. The highest BCUT2D eigenvalue weighted by molar-refractivity contribution is 5.69. The summed E-state index contributed by atoms with van der Waals surface area (Å²) in [4.78, 5) is 14.3. The van der Waals surface area contributed by atoms with Crippen LogP contribution in [0.3, 0.4) is 0 Å². The molecule has 0 aromatic rings. The van der Waals surface area contributed by atoms with Gasteiger partial charge in [-0.2, -0.15) is 0 Å². The molecule has 0 spiro atoms. The number of carbonyl (C=O) groups is 1. The second kappa shape index (κ2) is 8.15. The fourth-order valence-electron chi connectivity index (χ4n) is 3.23. The smallest absolute Gasteiger partial charge is 0.410 e. The summed E-state index contributed by atoms with van der Waals surface area (Å²) in [5.41, 5.74) is -0.481. The van der Waals surface area contributed by atoms with Crippen LogP contribution in [-0.2, 0) is 14.2 Å². The van der Waals surface area contributed by atoms with E-state index in [9.17, 15) is 4.79 Å². The Kier molecular flexibility index (Phi) is 6.48. The molecule has 2 aliphatic heterocycles. The lowest BCUT2D eigenvalue weighted by Gasteiger charge is -2.32. The summed E-state index contributed by atoms with van der Waals surface area (Å²) in [5, 5.41) is 0. The SMILES string of the molecule is C=CCC1CCN(C(=O)OC(C)(C)C)[C@@H]1COC1CCCCO1. The molecule has 2 fully saturated rings. The van der Waals surface area contributed by atoms with Crippen LogP contribution in [0.1, 0.15) is 52.9 Å². The van der Waals surface area contributed by atoms with Gasteiger partial charge in [0.25, 0.3) is 0 Å². The van der Waals surface area contributed by atoms with Gasteiger partial charge in [-0.1, -0.05) is 6.08 Å². The van der Waals surface area contributed by atoms with E-state index >= 15 is 0 Å². The third-order valence-corrected chi connectivity index (χ3v) is 4.37. The maximum absolute atomic E-state index is 12.5. The van der Waals surface area contributed by atoms with Gasteiger partial charge < -0.3 is 19.1 Å². The number of hydrogen-bond donors (Lipinski definition) is 0. The van der Waals surface area contributed by atoms with Crippen molar-refractivity contribution in [3.8, 4) is 0 Å². The third-order valence-electron chi connectivity index (χ3n) is 4.37. The lowest BCUT2D eigenvalue weighted by molar-refractivity contribution is -0.170. The summed E-state index contributed by atoms with van der Waals surface area (Å²) < 4.78 is 17.1. The lowest BCUT2D eigenvalue weighted by Crippen LogP contribution is -2.44. The van der Waals surface area contributed by atoms with Crippen LogP contribution < -0.4 is 0 Å². The zero-order valence-corrected chi connectivity index (χ0v) is 14.8. The first-order chi connectivity index (χ1) is 10.9. The second-order valence-electron chi connectivity index (χ2n) is 7.44. The molecule has 0 aromatic heterocycles. The number of amides is 1. The van der Waals surface area contributed by atoms with Crippen LogP contribution in [0.4, 0.5) is 4.79 Å². The molecule has 132 valence electrons. The van der Waals surface area contributed by atoms with Gasteiger partial charge in [0.2, 0.25) is 0 Å². The Balaban J connectivity index is 1.95. The molecule has 2 heterocycles. The van der Waals surface area contributed by atoms with Crippen molar-refractivity contribution < 1.29 is 19.0 Å². The van der Waals surface area contributed by atoms with Crippen LogP contribution >= 0.6 is 0 Å². The molecule has 0 radical (unpaired) electrons. The molecule has 5 nitrogen and oxygen atoms in total. The van der Waals surface area contributed by atoms with Gasteiger partial charge in [-0.3, -0.25) is 0 Å². The Morgan fingerprint density at radius 1 is 1.35 bits per heavy atom. The summed E-state index contributed by atoms with van der Waals surface area (Å²) in [7, 11) is 0. The minimum atomic E-state index is -0.481. The monoisotopic (exact) mass is 325 g/mol. The zero-order chi connectivity index (χ0) is 16.9. The van der Waals surface area contributed by atoms with E-state index in [1.165, 1.54) is 0 Å². The van der Waals surface area contributed by atoms with Gasteiger partial charge in [0, 0.05) is 13.2 Å². The van der Waals surface area contributed by atoms with E-state index in [-0.39, 0.29) is 18.4 Å². The number of rotatable bonds is 5. The molecular formula is C18H31NO4. The maximum atomic E-state index is 12.5. The molecule has 3 atom stereocenters. The third kappa shape index (κ3) is 5.50. The van der Waals surface area contributed by atoms with Crippen LogP contribution in [0.25, 0.3) is 0 Å². The van der Waals surface area contributed by atoms with Crippen molar-refractivity contribution >= 4 is 6.09 Å².